The molecule has 4 nitrogen and oxygen atoms in total. The minimum absolute atomic E-state index is 0.277. The molecule has 0 bridgehead atoms. The highest BCUT2D eigenvalue weighted by atomic mass is 79.9. The molecule has 0 aromatic rings. The highest BCUT2D eigenvalue weighted by Crippen LogP contribution is 2.23. The second-order valence-electron chi connectivity index (χ2n) is 2.56. The van der Waals surface area contributed by atoms with E-state index in [1.54, 1.807) is 0 Å². The van der Waals surface area contributed by atoms with Crippen LogP contribution in [0.5, 0.6) is 0 Å². The van der Waals surface area contributed by atoms with Crippen LogP contribution in [0.4, 0.5) is 0 Å². The smallest absolute Gasteiger partial charge is 0.115 e. The normalized spacial score (nSPS) is 45.8. The van der Waals surface area contributed by atoms with Crippen LogP contribution >= 0.6 is 15.9 Å². The number of ether oxygens (including phenoxy) is 1. The largest absolute Gasteiger partial charge is 0.394 e. The first-order valence-electron chi connectivity index (χ1n) is 3.41. The summed E-state index contributed by atoms with van der Waals surface area (Å²) in [5.41, 5.74) is 0. The summed E-state index contributed by atoms with van der Waals surface area (Å²) < 4.78 is 5.07. The van der Waals surface area contributed by atoms with Gasteiger partial charge in [0.1, 0.15) is 17.2 Å². The van der Waals surface area contributed by atoms with Gasteiger partial charge in [0.05, 0.1) is 12.7 Å². The summed E-state index contributed by atoms with van der Waals surface area (Å²) in [5.74, 6) is 0. The molecule has 5 heteroatoms. The van der Waals surface area contributed by atoms with Gasteiger partial charge in [0.15, 0.2) is 0 Å². The van der Waals surface area contributed by atoms with E-state index in [4.69, 9.17) is 9.84 Å². The van der Waals surface area contributed by atoms with Crippen molar-refractivity contribution in [2.75, 3.05) is 6.61 Å². The van der Waals surface area contributed by atoms with Crippen LogP contribution in [-0.4, -0.2) is 45.3 Å². The van der Waals surface area contributed by atoms with E-state index >= 15 is 0 Å². The molecule has 0 aromatic heterocycles. The molecule has 0 spiro atoms. The Balaban J connectivity index is 2.51. The van der Waals surface area contributed by atoms with E-state index in [0.717, 1.165) is 0 Å². The quantitative estimate of drug-likeness (QED) is 0.513. The number of aliphatic hydroxyl groups is 3. The SMILES string of the molecule is OC[C@H]1OC(Br)C[C@H](O)[C@@H]1O. The molecule has 0 aromatic carbocycles. The Kier molecular flexibility index (Phi) is 3.27. The van der Waals surface area contributed by atoms with E-state index in [-0.39, 0.29) is 11.6 Å². The van der Waals surface area contributed by atoms with Gasteiger partial charge in [-0.25, -0.2) is 0 Å². The van der Waals surface area contributed by atoms with Crippen molar-refractivity contribution in [2.24, 2.45) is 0 Å². The van der Waals surface area contributed by atoms with Crippen molar-refractivity contribution in [2.45, 2.75) is 29.7 Å². The highest BCUT2D eigenvalue weighted by Gasteiger charge is 2.34. The molecular weight excluding hydrogens is 216 g/mol. The average Bonchev–Trinajstić information content (AvgIpc) is 1.96. The van der Waals surface area contributed by atoms with Crippen molar-refractivity contribution in [3.05, 3.63) is 0 Å². The summed E-state index contributed by atoms with van der Waals surface area (Å²) in [4.78, 5) is 0. The van der Waals surface area contributed by atoms with Crippen molar-refractivity contribution < 1.29 is 20.1 Å². The Bertz CT molecular complexity index is 132. The number of halogens is 1. The van der Waals surface area contributed by atoms with Crippen LogP contribution in [-0.2, 0) is 4.74 Å². The molecule has 1 aliphatic rings. The molecule has 4 atom stereocenters. The maximum atomic E-state index is 9.20. The molecule has 1 heterocycles. The summed E-state index contributed by atoms with van der Waals surface area (Å²) in [5, 5.41) is 26.8. The third-order valence-corrected chi connectivity index (χ3v) is 2.29. The van der Waals surface area contributed by atoms with Crippen LogP contribution < -0.4 is 0 Å². The van der Waals surface area contributed by atoms with E-state index in [2.05, 4.69) is 15.9 Å². The summed E-state index contributed by atoms with van der Waals surface area (Å²) in [6.45, 7) is -0.277. The fraction of sp³-hybridized carbons (Fsp3) is 1.00. The number of alkyl halides is 1. The number of rotatable bonds is 1. The second-order valence-corrected chi connectivity index (χ2v) is 3.58. The van der Waals surface area contributed by atoms with Crippen molar-refractivity contribution in [3.63, 3.8) is 0 Å². The van der Waals surface area contributed by atoms with E-state index in [1.165, 1.54) is 0 Å². The van der Waals surface area contributed by atoms with Crippen LogP contribution in [0.25, 0.3) is 0 Å². The Morgan fingerprint density at radius 1 is 1.45 bits per heavy atom. The van der Waals surface area contributed by atoms with Gasteiger partial charge in [-0.2, -0.15) is 0 Å². The second kappa shape index (κ2) is 3.82. The van der Waals surface area contributed by atoms with Gasteiger partial charge in [0, 0.05) is 6.42 Å². The monoisotopic (exact) mass is 226 g/mol. The fourth-order valence-corrected chi connectivity index (χ4v) is 1.71. The van der Waals surface area contributed by atoms with Crippen LogP contribution in [0.15, 0.2) is 0 Å². The van der Waals surface area contributed by atoms with Gasteiger partial charge in [-0.05, 0) is 0 Å². The summed E-state index contributed by atoms with van der Waals surface area (Å²) in [6, 6.07) is 0. The van der Waals surface area contributed by atoms with E-state index in [0.29, 0.717) is 6.42 Å². The molecule has 0 aliphatic carbocycles. The molecule has 11 heavy (non-hydrogen) atoms. The van der Waals surface area contributed by atoms with Gasteiger partial charge in [-0.15, -0.1) is 0 Å². The van der Waals surface area contributed by atoms with Crippen LogP contribution in [0.1, 0.15) is 6.42 Å². The molecule has 0 radical (unpaired) electrons. The van der Waals surface area contributed by atoms with Gasteiger partial charge in [0.25, 0.3) is 0 Å². The zero-order valence-electron chi connectivity index (χ0n) is 5.85. The summed E-state index contributed by atoms with van der Waals surface area (Å²) in [7, 11) is 0. The molecule has 66 valence electrons. The lowest BCUT2D eigenvalue weighted by molar-refractivity contribution is -0.155. The maximum absolute atomic E-state index is 9.20. The van der Waals surface area contributed by atoms with E-state index < -0.39 is 18.3 Å². The van der Waals surface area contributed by atoms with Crippen molar-refractivity contribution in [1.82, 2.24) is 0 Å². The Morgan fingerprint density at radius 2 is 2.09 bits per heavy atom. The molecule has 1 unspecified atom stereocenters. The van der Waals surface area contributed by atoms with Crippen molar-refractivity contribution in [3.8, 4) is 0 Å². The van der Waals surface area contributed by atoms with Crippen LogP contribution in [0.2, 0.25) is 0 Å². The van der Waals surface area contributed by atoms with Gasteiger partial charge < -0.3 is 20.1 Å². The minimum Gasteiger partial charge on any atom is -0.394 e. The van der Waals surface area contributed by atoms with Gasteiger partial charge in [-0.3, -0.25) is 0 Å². The minimum atomic E-state index is -0.978. The predicted octanol–water partition coefficient (Wildman–Crippen LogP) is -0.790. The topological polar surface area (TPSA) is 69.9 Å². The number of aliphatic hydroxyl groups excluding tert-OH is 3. The van der Waals surface area contributed by atoms with Crippen molar-refractivity contribution >= 4 is 15.9 Å². The lowest BCUT2D eigenvalue weighted by Crippen LogP contribution is -2.48. The molecule has 1 rings (SSSR count). The first kappa shape index (κ1) is 9.41. The van der Waals surface area contributed by atoms with Crippen LogP contribution in [0, 0.1) is 0 Å². The Labute approximate surface area is 72.9 Å². The Morgan fingerprint density at radius 3 is 2.64 bits per heavy atom. The zero-order valence-corrected chi connectivity index (χ0v) is 7.44. The van der Waals surface area contributed by atoms with Gasteiger partial charge >= 0.3 is 0 Å². The molecule has 3 N–H and O–H groups in total. The lowest BCUT2D eigenvalue weighted by atomic mass is 10.0. The Hall–Kier alpha value is 0.320. The summed E-state index contributed by atoms with van der Waals surface area (Å²) >= 11 is 3.13. The van der Waals surface area contributed by atoms with E-state index in [1.807, 2.05) is 0 Å². The van der Waals surface area contributed by atoms with Crippen molar-refractivity contribution in [1.29, 1.82) is 0 Å². The molecule has 0 saturated carbocycles. The molecule has 1 fully saturated rings. The maximum Gasteiger partial charge on any atom is 0.115 e. The molecule has 1 aliphatic heterocycles. The number of hydrogen-bond donors (Lipinski definition) is 3. The highest BCUT2D eigenvalue weighted by molar-refractivity contribution is 9.09. The van der Waals surface area contributed by atoms with E-state index in [9.17, 15) is 10.2 Å². The first-order chi connectivity index (χ1) is 5.15. The zero-order chi connectivity index (χ0) is 8.43. The molecule has 1 saturated heterocycles. The average molecular weight is 227 g/mol. The number of hydrogen-bond acceptors (Lipinski definition) is 4. The third kappa shape index (κ3) is 2.13. The summed E-state index contributed by atoms with van der Waals surface area (Å²) in [6.07, 6.45) is -2.13. The first-order valence-corrected chi connectivity index (χ1v) is 4.33. The standard InChI is InChI=1S/C6H11BrO4/c7-5-1-3(9)6(10)4(2-8)11-5/h3-6,8-10H,1-2H2/t3-,4+,5?,6-/m0/s1. The molecular formula is C6H11BrO4. The van der Waals surface area contributed by atoms with Gasteiger partial charge in [0.2, 0.25) is 0 Å². The predicted molar refractivity (Wildman–Crippen MR) is 41.3 cm³/mol. The molecule has 0 amide bonds. The van der Waals surface area contributed by atoms with Crippen LogP contribution in [0.3, 0.4) is 0 Å². The van der Waals surface area contributed by atoms with Gasteiger partial charge in [-0.1, -0.05) is 15.9 Å². The third-order valence-electron chi connectivity index (χ3n) is 1.70. The lowest BCUT2D eigenvalue weighted by Gasteiger charge is -2.33. The fourth-order valence-electron chi connectivity index (χ4n) is 1.05.